The van der Waals surface area contributed by atoms with Gasteiger partial charge in [-0.1, -0.05) is 40.2 Å². The number of aryl methyl sites for hydroxylation is 1. The first-order chi connectivity index (χ1) is 8.41. The molecule has 0 fully saturated rings. The summed E-state index contributed by atoms with van der Waals surface area (Å²) in [6, 6.07) is 7.10. The maximum atomic E-state index is 12.5. The summed E-state index contributed by atoms with van der Waals surface area (Å²) in [7, 11) is 1.44. The van der Waals surface area contributed by atoms with Crippen LogP contribution in [0.3, 0.4) is 0 Å². The van der Waals surface area contributed by atoms with Crippen LogP contribution in [0.15, 0.2) is 24.3 Å². The predicted octanol–water partition coefficient (Wildman–Crippen LogP) is 3.40. The Labute approximate surface area is 110 Å². The minimum Gasteiger partial charge on any atom is -0.248 e. The fraction of sp³-hybridized carbons (Fsp3) is 0.273. The van der Waals surface area contributed by atoms with Gasteiger partial charge in [0.15, 0.2) is 5.82 Å². The van der Waals surface area contributed by atoms with Crippen LogP contribution in [0.25, 0.3) is 11.4 Å². The molecular formula is C11H9BrF3N3. The average molecular weight is 320 g/mol. The molecule has 7 heteroatoms. The largest absolute Gasteiger partial charge is 0.453 e. The Balaban J connectivity index is 2.41. The van der Waals surface area contributed by atoms with Crippen LogP contribution in [0.2, 0.25) is 0 Å². The van der Waals surface area contributed by atoms with Gasteiger partial charge in [-0.15, -0.1) is 5.10 Å². The quantitative estimate of drug-likeness (QED) is 0.794. The van der Waals surface area contributed by atoms with Gasteiger partial charge in [0.1, 0.15) is 0 Å². The van der Waals surface area contributed by atoms with Gasteiger partial charge < -0.3 is 0 Å². The highest BCUT2D eigenvalue weighted by Crippen LogP contribution is 2.28. The van der Waals surface area contributed by atoms with E-state index < -0.39 is 12.0 Å². The Kier molecular flexibility index (Phi) is 3.43. The highest BCUT2D eigenvalue weighted by molar-refractivity contribution is 9.08. The van der Waals surface area contributed by atoms with Gasteiger partial charge >= 0.3 is 6.18 Å². The molecule has 0 saturated carbocycles. The highest BCUT2D eigenvalue weighted by atomic mass is 79.9. The van der Waals surface area contributed by atoms with Gasteiger partial charge in [-0.05, 0) is 5.56 Å². The molecule has 0 amide bonds. The van der Waals surface area contributed by atoms with Crippen LogP contribution in [0.5, 0.6) is 0 Å². The van der Waals surface area contributed by atoms with Gasteiger partial charge in [-0.2, -0.15) is 13.2 Å². The van der Waals surface area contributed by atoms with Crippen molar-refractivity contribution in [2.24, 2.45) is 7.05 Å². The Morgan fingerprint density at radius 1 is 1.22 bits per heavy atom. The van der Waals surface area contributed by atoms with Crippen molar-refractivity contribution in [1.29, 1.82) is 0 Å². The molecule has 0 aliphatic rings. The molecule has 3 nitrogen and oxygen atoms in total. The zero-order chi connectivity index (χ0) is 13.3. The first-order valence-electron chi connectivity index (χ1n) is 5.05. The van der Waals surface area contributed by atoms with Gasteiger partial charge in [0, 0.05) is 17.9 Å². The number of hydrogen-bond donors (Lipinski definition) is 0. The molecule has 0 aliphatic carbocycles. The zero-order valence-electron chi connectivity index (χ0n) is 9.37. The Morgan fingerprint density at radius 3 is 2.28 bits per heavy atom. The molecule has 0 bridgehead atoms. The third kappa shape index (κ3) is 2.55. The fourth-order valence-corrected chi connectivity index (χ4v) is 1.87. The van der Waals surface area contributed by atoms with Crippen molar-refractivity contribution in [1.82, 2.24) is 14.8 Å². The smallest absolute Gasteiger partial charge is 0.248 e. The lowest BCUT2D eigenvalue weighted by molar-refractivity contribution is -0.144. The lowest BCUT2D eigenvalue weighted by Gasteiger charge is -2.01. The van der Waals surface area contributed by atoms with Crippen molar-refractivity contribution in [3.8, 4) is 11.4 Å². The molecule has 0 spiro atoms. The van der Waals surface area contributed by atoms with E-state index >= 15 is 0 Å². The first kappa shape index (κ1) is 13.1. The summed E-state index contributed by atoms with van der Waals surface area (Å²) in [4.78, 5) is 3.52. The van der Waals surface area contributed by atoms with E-state index in [1.54, 1.807) is 12.1 Å². The molecule has 0 saturated heterocycles. The fourth-order valence-electron chi connectivity index (χ4n) is 1.50. The number of benzene rings is 1. The van der Waals surface area contributed by atoms with Crippen LogP contribution in [0.4, 0.5) is 13.2 Å². The van der Waals surface area contributed by atoms with Crippen LogP contribution < -0.4 is 0 Å². The summed E-state index contributed by atoms with van der Waals surface area (Å²) < 4.78 is 38.5. The number of aromatic nitrogens is 3. The monoisotopic (exact) mass is 319 g/mol. The topological polar surface area (TPSA) is 30.7 Å². The van der Waals surface area contributed by atoms with E-state index in [-0.39, 0.29) is 5.82 Å². The molecule has 0 atom stereocenters. The van der Waals surface area contributed by atoms with E-state index in [9.17, 15) is 13.2 Å². The van der Waals surface area contributed by atoms with E-state index in [1.807, 2.05) is 12.1 Å². The average Bonchev–Trinajstić information content (AvgIpc) is 2.71. The van der Waals surface area contributed by atoms with E-state index in [0.29, 0.717) is 10.9 Å². The second-order valence-corrected chi connectivity index (χ2v) is 4.27. The van der Waals surface area contributed by atoms with Crippen LogP contribution in [0, 0.1) is 0 Å². The van der Waals surface area contributed by atoms with Crippen molar-refractivity contribution in [2.75, 3.05) is 0 Å². The number of halogens is 4. The van der Waals surface area contributed by atoms with Crippen molar-refractivity contribution >= 4 is 15.9 Å². The molecule has 0 unspecified atom stereocenters. The van der Waals surface area contributed by atoms with E-state index in [4.69, 9.17) is 0 Å². The molecule has 2 rings (SSSR count). The van der Waals surface area contributed by atoms with E-state index in [2.05, 4.69) is 26.0 Å². The second-order valence-electron chi connectivity index (χ2n) is 3.71. The minimum atomic E-state index is -4.52. The van der Waals surface area contributed by atoms with Gasteiger partial charge in [0.25, 0.3) is 5.82 Å². The van der Waals surface area contributed by atoms with Crippen LogP contribution in [-0.2, 0) is 18.6 Å². The maximum Gasteiger partial charge on any atom is 0.453 e. The summed E-state index contributed by atoms with van der Waals surface area (Å²) in [5.41, 5.74) is 1.64. The van der Waals surface area contributed by atoms with Gasteiger partial charge in [0.2, 0.25) is 0 Å². The second kappa shape index (κ2) is 4.72. The molecule has 96 valence electrons. The van der Waals surface area contributed by atoms with Gasteiger partial charge in [0.05, 0.1) is 0 Å². The molecule has 18 heavy (non-hydrogen) atoms. The summed E-state index contributed by atoms with van der Waals surface area (Å²) >= 11 is 3.30. The number of rotatable bonds is 2. The summed E-state index contributed by atoms with van der Waals surface area (Å²) in [6.07, 6.45) is -4.52. The third-order valence-corrected chi connectivity index (χ3v) is 3.03. The Morgan fingerprint density at radius 2 is 1.83 bits per heavy atom. The number of alkyl halides is 4. The lowest BCUT2D eigenvalue weighted by Crippen LogP contribution is -2.08. The Hall–Kier alpha value is -1.37. The zero-order valence-corrected chi connectivity index (χ0v) is 11.0. The third-order valence-electron chi connectivity index (χ3n) is 2.38. The normalized spacial score (nSPS) is 11.8. The summed E-state index contributed by atoms with van der Waals surface area (Å²) in [6.45, 7) is 0. The Bertz CT molecular complexity index is 546. The standard InChI is InChI=1S/C11H9BrF3N3/c1-18-9(16-10(17-18)11(13,14)15)8-4-2-7(6-12)3-5-8/h2-5H,6H2,1H3. The maximum absolute atomic E-state index is 12.5. The van der Waals surface area contributed by atoms with E-state index in [1.165, 1.54) is 7.05 Å². The molecule has 1 aromatic carbocycles. The first-order valence-corrected chi connectivity index (χ1v) is 6.17. The molecule has 2 aromatic rings. The van der Waals surface area contributed by atoms with Crippen molar-refractivity contribution < 1.29 is 13.2 Å². The molecule has 1 aromatic heterocycles. The SMILES string of the molecule is Cn1nc(C(F)(F)F)nc1-c1ccc(CBr)cc1. The molecule has 0 N–H and O–H groups in total. The lowest BCUT2D eigenvalue weighted by atomic mass is 10.1. The summed E-state index contributed by atoms with van der Waals surface area (Å²) in [5.74, 6) is -0.923. The molecule has 0 radical (unpaired) electrons. The van der Waals surface area contributed by atoms with E-state index in [0.717, 1.165) is 10.2 Å². The van der Waals surface area contributed by atoms with Crippen LogP contribution >= 0.6 is 15.9 Å². The van der Waals surface area contributed by atoms with Crippen LogP contribution in [0.1, 0.15) is 11.4 Å². The van der Waals surface area contributed by atoms with Crippen molar-refractivity contribution in [3.63, 3.8) is 0 Å². The summed E-state index contributed by atoms with van der Waals surface area (Å²) in [5, 5.41) is 4.07. The highest BCUT2D eigenvalue weighted by Gasteiger charge is 2.36. The van der Waals surface area contributed by atoms with Gasteiger partial charge in [-0.25, -0.2) is 9.67 Å². The molecule has 1 heterocycles. The predicted molar refractivity (Wildman–Crippen MR) is 64.1 cm³/mol. The molecular weight excluding hydrogens is 311 g/mol. The number of hydrogen-bond acceptors (Lipinski definition) is 2. The van der Waals surface area contributed by atoms with Gasteiger partial charge in [-0.3, -0.25) is 0 Å². The molecule has 0 aliphatic heterocycles. The van der Waals surface area contributed by atoms with Crippen molar-refractivity contribution in [3.05, 3.63) is 35.7 Å². The number of nitrogens with zero attached hydrogens (tertiary/aromatic N) is 3. The van der Waals surface area contributed by atoms with Crippen LogP contribution in [-0.4, -0.2) is 14.8 Å². The van der Waals surface area contributed by atoms with Crippen molar-refractivity contribution in [2.45, 2.75) is 11.5 Å². The minimum absolute atomic E-state index is 0.198.